The first-order chi connectivity index (χ1) is 27.9. The molecule has 0 bridgehead atoms. The van der Waals surface area contributed by atoms with Crippen molar-refractivity contribution in [2.75, 3.05) is 0 Å². The van der Waals surface area contributed by atoms with Crippen LogP contribution in [0.2, 0.25) is 0 Å². The summed E-state index contributed by atoms with van der Waals surface area (Å²) in [5.41, 5.74) is 16.5. The summed E-state index contributed by atoms with van der Waals surface area (Å²) < 4.78 is 73.9. The van der Waals surface area contributed by atoms with Gasteiger partial charge in [0.15, 0.2) is 0 Å². The second-order valence-corrected chi connectivity index (χ2v) is 17.6. The molecule has 0 amide bonds. The van der Waals surface area contributed by atoms with Crippen LogP contribution in [0.15, 0.2) is 96.1 Å². The SMILES string of the molecule is CC1=[C-]C(C)(C)c2cc3c(cc21)-c1cc2c(cc1C3)C(C)(C)C=C2C.CCC1=[C-]C(CC)C=C1C(C)(C)C.FC(F)(F)c1c[c-]ccc1.FC(F)(F)c1c[c-]ccc1.[CH2]=[Zr]. The molecule has 0 spiro atoms. The van der Waals surface area contributed by atoms with Crippen LogP contribution in [0, 0.1) is 35.6 Å². The van der Waals surface area contributed by atoms with Crippen molar-refractivity contribution < 1.29 is 50.6 Å². The van der Waals surface area contributed by atoms with Crippen LogP contribution in [0.3, 0.4) is 0 Å². The Morgan fingerprint density at radius 1 is 0.733 bits per heavy atom. The van der Waals surface area contributed by atoms with Gasteiger partial charge in [0.2, 0.25) is 0 Å². The Morgan fingerprint density at radius 3 is 1.63 bits per heavy atom. The van der Waals surface area contributed by atoms with E-state index in [-0.39, 0.29) is 10.8 Å². The van der Waals surface area contributed by atoms with Gasteiger partial charge in [0.25, 0.3) is 0 Å². The van der Waals surface area contributed by atoms with E-state index in [0.717, 1.165) is 37.1 Å². The number of benzene rings is 4. The molecular formula is C53H56F6Zr-4. The zero-order valence-corrected chi connectivity index (χ0v) is 39.2. The molecule has 7 heteroatoms. The third kappa shape index (κ3) is 11.3. The average Bonchev–Trinajstić information content (AvgIpc) is 3.90. The van der Waals surface area contributed by atoms with Crippen LogP contribution in [0.1, 0.15) is 134 Å². The topological polar surface area (TPSA) is 0 Å². The van der Waals surface area contributed by atoms with Gasteiger partial charge >= 0.3 is 40.8 Å². The molecule has 0 heterocycles. The maximum absolute atomic E-state index is 11.8. The molecule has 1 unspecified atom stereocenters. The van der Waals surface area contributed by atoms with Crippen molar-refractivity contribution in [3.8, 4) is 11.1 Å². The number of hydrogen-bond acceptors (Lipinski definition) is 0. The Hall–Kier alpha value is -3.83. The van der Waals surface area contributed by atoms with Crippen LogP contribution < -0.4 is 0 Å². The number of alkyl halides is 6. The first-order valence-electron chi connectivity index (χ1n) is 20.3. The summed E-state index contributed by atoms with van der Waals surface area (Å²) in [4.78, 5) is 0. The summed E-state index contributed by atoms with van der Waals surface area (Å²) >= 11 is 1.30. The number of fused-ring (bicyclic) bond motifs is 5. The quantitative estimate of drug-likeness (QED) is 0.122. The van der Waals surface area contributed by atoms with Crippen LogP contribution >= 0.6 is 0 Å². The first-order valence-corrected chi connectivity index (χ1v) is 22.0. The van der Waals surface area contributed by atoms with Crippen molar-refractivity contribution in [3.63, 3.8) is 0 Å². The van der Waals surface area contributed by atoms with Crippen molar-refractivity contribution in [2.45, 2.75) is 119 Å². The fourth-order valence-corrected chi connectivity index (χ4v) is 8.27. The Labute approximate surface area is 369 Å². The molecule has 0 N–H and O–H groups in total. The molecule has 4 aliphatic carbocycles. The molecule has 4 aromatic rings. The van der Waals surface area contributed by atoms with Crippen molar-refractivity contribution >= 4 is 15.4 Å². The van der Waals surface area contributed by atoms with E-state index in [1.807, 2.05) is 0 Å². The predicted molar refractivity (Wildman–Crippen MR) is 233 cm³/mol. The van der Waals surface area contributed by atoms with E-state index in [2.05, 4.69) is 141 Å². The molecule has 4 aromatic carbocycles. The molecule has 4 aliphatic rings. The molecule has 318 valence electrons. The molecular weight excluding hydrogens is 842 g/mol. The summed E-state index contributed by atoms with van der Waals surface area (Å²) in [6, 6.07) is 23.8. The number of allylic oxidation sites excluding steroid dienone is 8. The third-order valence-corrected chi connectivity index (χ3v) is 11.2. The molecule has 60 heavy (non-hydrogen) atoms. The second kappa shape index (κ2) is 19.1. The zero-order chi connectivity index (χ0) is 45.0. The normalized spacial score (nSPS) is 17.4. The van der Waals surface area contributed by atoms with Crippen molar-refractivity contribution in [2.24, 2.45) is 11.3 Å². The summed E-state index contributed by atoms with van der Waals surface area (Å²) in [7, 11) is 0. The maximum atomic E-state index is 11.8. The van der Waals surface area contributed by atoms with E-state index in [1.165, 1.54) is 122 Å². The fourth-order valence-electron chi connectivity index (χ4n) is 8.27. The molecule has 0 aliphatic heterocycles. The number of rotatable bonds is 2. The summed E-state index contributed by atoms with van der Waals surface area (Å²) in [5, 5.41) is 0. The summed E-state index contributed by atoms with van der Waals surface area (Å²) in [5.74, 6) is 0.573. The van der Waals surface area contributed by atoms with Gasteiger partial charge in [0.05, 0.1) is 0 Å². The van der Waals surface area contributed by atoms with Crippen molar-refractivity contribution in [1.29, 1.82) is 0 Å². The third-order valence-electron chi connectivity index (χ3n) is 11.2. The molecule has 0 fully saturated rings. The predicted octanol–water partition coefficient (Wildman–Crippen LogP) is 15.6. The molecule has 1 atom stereocenters. The van der Waals surface area contributed by atoms with E-state index in [0.29, 0.717) is 11.3 Å². The van der Waals surface area contributed by atoms with Gasteiger partial charge in [-0.2, -0.15) is 104 Å². The van der Waals surface area contributed by atoms with E-state index >= 15 is 0 Å². The summed E-state index contributed by atoms with van der Waals surface area (Å²) in [6.45, 7) is 25.0. The molecule has 0 nitrogen and oxygen atoms in total. The molecule has 8 rings (SSSR count). The van der Waals surface area contributed by atoms with Crippen molar-refractivity contribution in [1.82, 2.24) is 0 Å². The second-order valence-electron chi connectivity index (χ2n) is 17.6. The Kier molecular flexibility index (Phi) is 15.5. The Balaban J connectivity index is 0.000000192. The van der Waals surface area contributed by atoms with Gasteiger partial charge in [-0.15, -0.1) is 11.6 Å². The molecule has 0 saturated heterocycles. The standard InChI is InChI=1S/C25H25.C13H21.2C7H4F3.CH2.Zr/c1-14-12-24(3,4)22-8-16-7-17-9-23-19(15(2)13-25(23,5)6)11-21(17)20(16)10-18(14)22;1-6-10-8-11(7-2)12(9-10)13(3,4)5;2*8-7(9,10)6-4-2-1-3-5-6;;/h8-12H,7H2,1-6H3;9-10H,6-7H2,1-5H3;2*1-2,4-5H;1H2;/q4*-1;;. The van der Waals surface area contributed by atoms with Crippen LogP contribution in [0.25, 0.3) is 22.3 Å². The van der Waals surface area contributed by atoms with E-state index in [1.54, 1.807) is 0 Å². The van der Waals surface area contributed by atoms with Crippen molar-refractivity contribution in [3.05, 3.63) is 165 Å². The molecule has 0 saturated carbocycles. The Bertz CT molecular complexity index is 2120. The van der Waals surface area contributed by atoms with Gasteiger partial charge in [-0.25, -0.2) is 11.1 Å². The van der Waals surface area contributed by atoms with Crippen LogP contribution in [0.5, 0.6) is 0 Å². The van der Waals surface area contributed by atoms with Gasteiger partial charge in [-0.3, -0.25) is 12.2 Å². The monoisotopic (exact) mass is 896 g/mol. The first kappa shape index (κ1) is 48.8. The molecule has 0 aromatic heterocycles. The minimum absolute atomic E-state index is 0.0340. The zero-order valence-electron chi connectivity index (χ0n) is 36.8. The number of halogens is 6. The van der Waals surface area contributed by atoms with Gasteiger partial charge in [0, 0.05) is 5.41 Å². The van der Waals surface area contributed by atoms with E-state index < -0.39 is 23.5 Å². The fraction of sp³-hybridized carbons (Fsp3) is 0.377. The number of hydrogen-bond donors (Lipinski definition) is 0. The van der Waals surface area contributed by atoms with Crippen LogP contribution in [-0.2, 0) is 53.8 Å². The van der Waals surface area contributed by atoms with E-state index in [9.17, 15) is 26.3 Å². The van der Waals surface area contributed by atoms with Crippen LogP contribution in [-0.4, -0.2) is 4.21 Å². The summed E-state index contributed by atoms with van der Waals surface area (Å²) in [6.07, 6.45) is 6.94. The molecule has 0 radical (unpaired) electrons. The van der Waals surface area contributed by atoms with Gasteiger partial charge in [-0.1, -0.05) is 128 Å². The van der Waals surface area contributed by atoms with Gasteiger partial charge in [0.1, 0.15) is 0 Å². The Morgan fingerprint density at radius 2 is 1.23 bits per heavy atom. The van der Waals surface area contributed by atoms with Crippen LogP contribution in [0.4, 0.5) is 26.3 Å². The average molecular weight is 898 g/mol. The van der Waals surface area contributed by atoms with Gasteiger partial charge in [-0.05, 0) is 58.4 Å². The minimum atomic E-state index is -4.24. The van der Waals surface area contributed by atoms with Gasteiger partial charge < -0.3 is 0 Å². The van der Waals surface area contributed by atoms with E-state index in [4.69, 9.17) is 0 Å².